The van der Waals surface area contributed by atoms with Gasteiger partial charge in [0.05, 0.1) is 13.7 Å². The van der Waals surface area contributed by atoms with E-state index in [2.05, 4.69) is 26.3 Å². The second kappa shape index (κ2) is 12.9. The molecule has 0 bridgehead atoms. The average Bonchev–Trinajstić information content (AvgIpc) is 2.91. The van der Waals surface area contributed by atoms with Crippen LogP contribution in [0, 0.1) is 6.92 Å². The number of anilines is 1. The van der Waals surface area contributed by atoms with Gasteiger partial charge in [0.25, 0.3) is 0 Å². The zero-order valence-corrected chi connectivity index (χ0v) is 21.2. The Morgan fingerprint density at radius 2 is 1.83 bits per heavy atom. The maximum Gasteiger partial charge on any atom is 0.409 e. The van der Waals surface area contributed by atoms with Crippen molar-refractivity contribution in [3.63, 3.8) is 0 Å². The van der Waals surface area contributed by atoms with E-state index in [0.29, 0.717) is 26.2 Å². The summed E-state index contributed by atoms with van der Waals surface area (Å²) in [7, 11) is 1.67. The molecule has 190 valence electrons. The van der Waals surface area contributed by atoms with Crippen LogP contribution in [0.2, 0.25) is 0 Å². The maximum absolute atomic E-state index is 12.5. The van der Waals surface area contributed by atoms with Gasteiger partial charge in [-0.1, -0.05) is 24.3 Å². The Bertz CT molecular complexity index is 1110. The largest absolute Gasteiger partial charge is 0.497 e. The van der Waals surface area contributed by atoms with Gasteiger partial charge in [0.15, 0.2) is 0 Å². The van der Waals surface area contributed by atoms with Crippen LogP contribution < -0.4 is 10.1 Å². The number of aryl methyl sites for hydroxylation is 2. The number of piperazine rings is 1. The summed E-state index contributed by atoms with van der Waals surface area (Å²) in [4.78, 5) is 25.7. The highest BCUT2D eigenvalue weighted by Gasteiger charge is 2.22. The van der Waals surface area contributed by atoms with Crippen LogP contribution >= 0.6 is 0 Å². The number of nitrogens with zero attached hydrogens (tertiary/aromatic N) is 4. The van der Waals surface area contributed by atoms with Crippen molar-refractivity contribution in [2.24, 2.45) is 0 Å². The van der Waals surface area contributed by atoms with Gasteiger partial charge < -0.3 is 19.7 Å². The molecule has 0 atom stereocenters. The Kier molecular flexibility index (Phi) is 9.10. The van der Waals surface area contributed by atoms with Gasteiger partial charge in [-0.15, -0.1) is 0 Å². The molecule has 3 heterocycles. The van der Waals surface area contributed by atoms with Crippen molar-refractivity contribution in [1.82, 2.24) is 19.8 Å². The van der Waals surface area contributed by atoms with Gasteiger partial charge in [-0.2, -0.15) is 0 Å². The molecule has 1 aliphatic heterocycles. The highest BCUT2D eigenvalue weighted by atomic mass is 16.6. The van der Waals surface area contributed by atoms with Crippen molar-refractivity contribution in [3.8, 4) is 5.75 Å². The summed E-state index contributed by atoms with van der Waals surface area (Å²) >= 11 is 0. The first-order chi connectivity index (χ1) is 17.6. The maximum atomic E-state index is 12.5. The van der Waals surface area contributed by atoms with E-state index in [0.717, 1.165) is 66.6 Å². The number of amides is 1. The molecule has 1 fully saturated rings. The van der Waals surface area contributed by atoms with Crippen LogP contribution in [0.25, 0.3) is 0 Å². The van der Waals surface area contributed by atoms with Crippen LogP contribution in [0.3, 0.4) is 0 Å². The SMILES string of the molecule is COc1ccc(CNc2ncccc2CN2CCN(C(=O)OCCCc3cccc(C)n3)CC2)cc1. The first-order valence-corrected chi connectivity index (χ1v) is 12.5. The summed E-state index contributed by atoms with van der Waals surface area (Å²) in [5.41, 5.74) is 4.35. The molecule has 0 aliphatic carbocycles. The van der Waals surface area contributed by atoms with Crippen LogP contribution in [0.1, 0.15) is 28.9 Å². The minimum atomic E-state index is -0.227. The molecule has 3 aromatic rings. The van der Waals surface area contributed by atoms with Gasteiger partial charge in [-0.25, -0.2) is 9.78 Å². The van der Waals surface area contributed by atoms with Crippen LogP contribution in [0.5, 0.6) is 5.75 Å². The van der Waals surface area contributed by atoms with E-state index in [1.165, 1.54) is 0 Å². The number of benzene rings is 1. The lowest BCUT2D eigenvalue weighted by Gasteiger charge is -2.34. The second-order valence-corrected chi connectivity index (χ2v) is 8.96. The van der Waals surface area contributed by atoms with Gasteiger partial charge in [-0.05, 0) is 55.7 Å². The van der Waals surface area contributed by atoms with Crippen LogP contribution in [-0.4, -0.2) is 65.8 Å². The van der Waals surface area contributed by atoms with E-state index in [-0.39, 0.29) is 6.09 Å². The molecule has 1 saturated heterocycles. The summed E-state index contributed by atoms with van der Waals surface area (Å²) in [5.74, 6) is 1.73. The minimum Gasteiger partial charge on any atom is -0.497 e. The molecule has 36 heavy (non-hydrogen) atoms. The highest BCUT2D eigenvalue weighted by Crippen LogP contribution is 2.18. The summed E-state index contributed by atoms with van der Waals surface area (Å²) in [6.07, 6.45) is 3.16. The van der Waals surface area contributed by atoms with E-state index >= 15 is 0 Å². The second-order valence-electron chi connectivity index (χ2n) is 8.96. The predicted octanol–water partition coefficient (Wildman–Crippen LogP) is 4.29. The van der Waals surface area contributed by atoms with Crippen molar-refractivity contribution >= 4 is 11.9 Å². The van der Waals surface area contributed by atoms with E-state index in [1.54, 1.807) is 12.0 Å². The van der Waals surface area contributed by atoms with Gasteiger partial charge >= 0.3 is 6.09 Å². The van der Waals surface area contributed by atoms with E-state index < -0.39 is 0 Å². The Hall–Kier alpha value is -3.65. The molecular weight excluding hydrogens is 454 g/mol. The van der Waals surface area contributed by atoms with Crippen LogP contribution in [0.4, 0.5) is 10.6 Å². The van der Waals surface area contributed by atoms with Crippen molar-refractivity contribution < 1.29 is 14.3 Å². The lowest BCUT2D eigenvalue weighted by molar-refractivity contribution is 0.0739. The fourth-order valence-electron chi connectivity index (χ4n) is 4.23. The first kappa shape index (κ1) is 25.4. The number of ether oxygens (including phenoxy) is 2. The zero-order chi connectivity index (χ0) is 25.2. The van der Waals surface area contributed by atoms with Gasteiger partial charge in [-0.3, -0.25) is 9.88 Å². The molecule has 4 rings (SSSR count). The summed E-state index contributed by atoms with van der Waals surface area (Å²) < 4.78 is 10.7. The topological polar surface area (TPSA) is 79.8 Å². The number of carbonyl (C=O) groups excluding carboxylic acids is 1. The van der Waals surface area contributed by atoms with Crippen LogP contribution in [-0.2, 0) is 24.2 Å². The van der Waals surface area contributed by atoms with Crippen molar-refractivity contribution in [1.29, 1.82) is 0 Å². The predicted molar refractivity (Wildman–Crippen MR) is 140 cm³/mol. The van der Waals surface area contributed by atoms with Gasteiger partial charge in [0.1, 0.15) is 11.6 Å². The number of pyridine rings is 2. The molecular formula is C28H35N5O3. The average molecular weight is 490 g/mol. The van der Waals surface area contributed by atoms with E-state index in [4.69, 9.17) is 9.47 Å². The quantitative estimate of drug-likeness (QED) is 0.426. The number of rotatable bonds is 10. The highest BCUT2D eigenvalue weighted by molar-refractivity contribution is 5.67. The van der Waals surface area contributed by atoms with Crippen molar-refractivity contribution in [2.45, 2.75) is 32.9 Å². The Morgan fingerprint density at radius 1 is 1.03 bits per heavy atom. The van der Waals surface area contributed by atoms with E-state index in [1.807, 2.05) is 61.7 Å². The number of methoxy groups -OCH3 is 1. The molecule has 1 amide bonds. The summed E-state index contributed by atoms with van der Waals surface area (Å²) in [6.45, 7) is 6.79. The minimum absolute atomic E-state index is 0.227. The molecule has 2 aromatic heterocycles. The molecule has 1 aromatic carbocycles. The van der Waals surface area contributed by atoms with Crippen molar-refractivity contribution in [2.75, 3.05) is 45.2 Å². The molecule has 0 spiro atoms. The van der Waals surface area contributed by atoms with Crippen LogP contribution in [0.15, 0.2) is 60.8 Å². The molecule has 1 aliphatic rings. The number of hydrogen-bond donors (Lipinski definition) is 1. The number of carbonyl (C=O) groups is 1. The third-order valence-electron chi connectivity index (χ3n) is 6.28. The third kappa shape index (κ3) is 7.42. The lowest BCUT2D eigenvalue weighted by Crippen LogP contribution is -2.48. The summed E-state index contributed by atoms with van der Waals surface area (Å²) in [6, 6.07) is 18.1. The lowest BCUT2D eigenvalue weighted by atomic mass is 10.2. The molecule has 0 radical (unpaired) electrons. The van der Waals surface area contributed by atoms with Crippen molar-refractivity contribution in [3.05, 3.63) is 83.3 Å². The van der Waals surface area contributed by atoms with E-state index in [9.17, 15) is 4.79 Å². The first-order valence-electron chi connectivity index (χ1n) is 12.5. The standard InChI is InChI=1S/C28H35N5O3/c1-22-6-3-8-25(31-22)9-5-19-36-28(34)33-17-15-32(16-18-33)21-24-7-4-14-29-27(24)30-20-23-10-12-26(35-2)13-11-23/h3-4,6-8,10-14H,5,9,15-21H2,1-2H3,(H,29,30). The molecule has 1 N–H and O–H groups in total. The molecule has 8 nitrogen and oxygen atoms in total. The number of hydrogen-bond acceptors (Lipinski definition) is 7. The summed E-state index contributed by atoms with van der Waals surface area (Å²) in [5, 5.41) is 3.46. The monoisotopic (exact) mass is 489 g/mol. The molecule has 8 heteroatoms. The van der Waals surface area contributed by atoms with Gasteiger partial charge in [0.2, 0.25) is 0 Å². The molecule has 0 unspecified atom stereocenters. The Labute approximate surface area is 213 Å². The normalized spacial score (nSPS) is 13.9. The Morgan fingerprint density at radius 3 is 2.58 bits per heavy atom. The fourth-order valence-corrected chi connectivity index (χ4v) is 4.23. The number of aromatic nitrogens is 2. The smallest absolute Gasteiger partial charge is 0.409 e. The number of nitrogens with one attached hydrogen (secondary N) is 1. The van der Waals surface area contributed by atoms with Gasteiger partial charge in [0, 0.05) is 62.4 Å². The fraction of sp³-hybridized carbons (Fsp3) is 0.393. The molecule has 0 saturated carbocycles. The Balaban J connectivity index is 1.19. The third-order valence-corrected chi connectivity index (χ3v) is 6.28. The zero-order valence-electron chi connectivity index (χ0n) is 21.2.